The van der Waals surface area contributed by atoms with E-state index in [9.17, 15) is 4.79 Å². The standard InChI is InChI=1S/C15H23N3O3/c1-21-14-8-12(16)2-3-13(14)17-15(20)9-18-6-4-11(10-19)5-7-18/h2-3,8,11,19H,4-7,9-10,16H2,1H3,(H,17,20). The molecule has 0 radical (unpaired) electrons. The van der Waals surface area contributed by atoms with E-state index in [1.165, 1.54) is 0 Å². The van der Waals surface area contributed by atoms with Crippen LogP contribution in [-0.4, -0.2) is 49.3 Å². The highest BCUT2D eigenvalue weighted by Crippen LogP contribution is 2.26. The van der Waals surface area contributed by atoms with Crippen molar-refractivity contribution in [3.63, 3.8) is 0 Å². The summed E-state index contributed by atoms with van der Waals surface area (Å²) in [6, 6.07) is 5.15. The molecule has 1 heterocycles. The van der Waals surface area contributed by atoms with Gasteiger partial charge in [-0.3, -0.25) is 9.69 Å². The van der Waals surface area contributed by atoms with Gasteiger partial charge in [-0.25, -0.2) is 0 Å². The minimum atomic E-state index is -0.0690. The van der Waals surface area contributed by atoms with Gasteiger partial charge in [0.1, 0.15) is 5.75 Å². The van der Waals surface area contributed by atoms with Gasteiger partial charge in [0.05, 0.1) is 19.3 Å². The number of likely N-dealkylation sites (tertiary alicyclic amines) is 1. The van der Waals surface area contributed by atoms with Gasteiger partial charge in [-0.2, -0.15) is 0 Å². The van der Waals surface area contributed by atoms with Crippen LogP contribution < -0.4 is 15.8 Å². The van der Waals surface area contributed by atoms with Crippen molar-refractivity contribution < 1.29 is 14.6 Å². The third-order valence-electron chi connectivity index (χ3n) is 3.83. The predicted octanol–water partition coefficient (Wildman–Crippen LogP) is 0.920. The Bertz CT molecular complexity index is 485. The van der Waals surface area contributed by atoms with Gasteiger partial charge < -0.3 is 20.9 Å². The van der Waals surface area contributed by atoms with Gasteiger partial charge in [-0.15, -0.1) is 0 Å². The topological polar surface area (TPSA) is 87.8 Å². The Hall–Kier alpha value is -1.79. The Morgan fingerprint density at radius 2 is 2.19 bits per heavy atom. The highest BCUT2D eigenvalue weighted by Gasteiger charge is 2.20. The van der Waals surface area contributed by atoms with Gasteiger partial charge in [0, 0.05) is 18.4 Å². The van der Waals surface area contributed by atoms with E-state index in [0.29, 0.717) is 29.6 Å². The first-order chi connectivity index (χ1) is 10.1. The summed E-state index contributed by atoms with van der Waals surface area (Å²) in [6.45, 7) is 2.28. The molecular weight excluding hydrogens is 270 g/mol. The predicted molar refractivity (Wildman–Crippen MR) is 82.3 cm³/mol. The maximum atomic E-state index is 12.1. The summed E-state index contributed by atoms with van der Waals surface area (Å²) in [5.74, 6) is 0.865. The zero-order chi connectivity index (χ0) is 15.2. The molecule has 1 aliphatic heterocycles. The van der Waals surface area contributed by atoms with E-state index < -0.39 is 0 Å². The fourth-order valence-corrected chi connectivity index (χ4v) is 2.53. The number of methoxy groups -OCH3 is 1. The molecule has 1 aliphatic rings. The Kier molecular flexibility index (Phi) is 5.41. The Morgan fingerprint density at radius 3 is 2.81 bits per heavy atom. The molecule has 1 amide bonds. The number of benzene rings is 1. The number of nitrogens with one attached hydrogen (secondary N) is 1. The zero-order valence-electron chi connectivity index (χ0n) is 12.3. The molecule has 21 heavy (non-hydrogen) atoms. The molecule has 0 aliphatic carbocycles. The summed E-state index contributed by atoms with van der Waals surface area (Å²) < 4.78 is 5.21. The highest BCUT2D eigenvalue weighted by atomic mass is 16.5. The van der Waals surface area contributed by atoms with Crippen LogP contribution in [0.15, 0.2) is 18.2 Å². The van der Waals surface area contributed by atoms with Crippen LogP contribution in [0.1, 0.15) is 12.8 Å². The number of ether oxygens (including phenoxy) is 1. The molecule has 6 heteroatoms. The number of nitrogen functional groups attached to an aromatic ring is 1. The fraction of sp³-hybridized carbons (Fsp3) is 0.533. The van der Waals surface area contributed by atoms with Crippen LogP contribution in [0.25, 0.3) is 0 Å². The molecule has 1 fully saturated rings. The number of amides is 1. The van der Waals surface area contributed by atoms with Crippen LogP contribution >= 0.6 is 0 Å². The molecule has 1 aromatic rings. The first-order valence-electron chi connectivity index (χ1n) is 7.19. The van der Waals surface area contributed by atoms with E-state index >= 15 is 0 Å². The number of hydrogen-bond donors (Lipinski definition) is 3. The summed E-state index contributed by atoms with van der Waals surface area (Å²) in [4.78, 5) is 14.2. The van der Waals surface area contributed by atoms with Gasteiger partial charge >= 0.3 is 0 Å². The first-order valence-corrected chi connectivity index (χ1v) is 7.19. The first kappa shape index (κ1) is 15.6. The van der Waals surface area contributed by atoms with Crippen molar-refractivity contribution in [2.75, 3.05) is 44.4 Å². The summed E-state index contributed by atoms with van der Waals surface area (Å²) in [5.41, 5.74) is 6.91. The number of anilines is 2. The zero-order valence-corrected chi connectivity index (χ0v) is 12.3. The van der Waals surface area contributed by atoms with Crippen molar-refractivity contribution in [2.24, 2.45) is 5.92 Å². The highest BCUT2D eigenvalue weighted by molar-refractivity contribution is 5.94. The van der Waals surface area contributed by atoms with E-state index in [2.05, 4.69) is 10.2 Å². The van der Waals surface area contributed by atoms with Crippen LogP contribution in [0.5, 0.6) is 5.75 Å². The molecule has 2 rings (SSSR count). The number of aliphatic hydroxyl groups is 1. The van der Waals surface area contributed by atoms with Crippen molar-refractivity contribution in [3.05, 3.63) is 18.2 Å². The van der Waals surface area contributed by atoms with Gasteiger partial charge in [0.25, 0.3) is 0 Å². The maximum Gasteiger partial charge on any atom is 0.238 e. The second kappa shape index (κ2) is 7.28. The minimum absolute atomic E-state index is 0.0690. The van der Waals surface area contributed by atoms with Crippen LogP contribution in [0.4, 0.5) is 11.4 Å². The lowest BCUT2D eigenvalue weighted by Gasteiger charge is -2.30. The lowest BCUT2D eigenvalue weighted by Crippen LogP contribution is -2.39. The van der Waals surface area contributed by atoms with E-state index in [-0.39, 0.29) is 12.5 Å². The van der Waals surface area contributed by atoms with E-state index in [1.807, 2.05) is 0 Å². The largest absolute Gasteiger partial charge is 0.494 e. The molecule has 1 aromatic carbocycles. The quantitative estimate of drug-likeness (QED) is 0.703. The summed E-state index contributed by atoms with van der Waals surface area (Å²) in [5, 5.41) is 12.0. The second-order valence-electron chi connectivity index (χ2n) is 5.41. The lowest BCUT2D eigenvalue weighted by molar-refractivity contribution is -0.117. The third-order valence-corrected chi connectivity index (χ3v) is 3.83. The summed E-state index contributed by atoms with van der Waals surface area (Å²) in [7, 11) is 1.55. The number of carbonyl (C=O) groups is 1. The number of aliphatic hydroxyl groups excluding tert-OH is 1. The van der Waals surface area contributed by atoms with Crippen molar-refractivity contribution in [3.8, 4) is 5.75 Å². The van der Waals surface area contributed by atoms with E-state index in [1.54, 1.807) is 25.3 Å². The molecule has 0 spiro atoms. The number of nitrogens with zero attached hydrogens (tertiary/aromatic N) is 1. The number of piperidine rings is 1. The molecule has 0 unspecified atom stereocenters. The van der Waals surface area contributed by atoms with Crippen LogP contribution in [0.3, 0.4) is 0 Å². The maximum absolute atomic E-state index is 12.1. The summed E-state index contributed by atoms with van der Waals surface area (Å²) in [6.07, 6.45) is 1.88. The molecule has 0 aromatic heterocycles. The SMILES string of the molecule is COc1cc(N)ccc1NC(=O)CN1CCC(CO)CC1. The van der Waals surface area contributed by atoms with Crippen LogP contribution in [0.2, 0.25) is 0 Å². The van der Waals surface area contributed by atoms with Gasteiger partial charge in [-0.1, -0.05) is 0 Å². The Balaban J connectivity index is 1.87. The lowest BCUT2D eigenvalue weighted by atomic mass is 9.98. The number of carbonyl (C=O) groups excluding carboxylic acids is 1. The molecule has 0 bridgehead atoms. The van der Waals surface area contributed by atoms with Crippen molar-refractivity contribution in [2.45, 2.75) is 12.8 Å². The molecule has 116 valence electrons. The van der Waals surface area contributed by atoms with Crippen LogP contribution in [-0.2, 0) is 4.79 Å². The van der Waals surface area contributed by atoms with Crippen molar-refractivity contribution in [1.29, 1.82) is 0 Å². The fourth-order valence-electron chi connectivity index (χ4n) is 2.53. The van der Waals surface area contributed by atoms with Gasteiger partial charge in [0.2, 0.25) is 5.91 Å². The molecule has 1 saturated heterocycles. The normalized spacial score (nSPS) is 16.7. The van der Waals surface area contributed by atoms with Crippen molar-refractivity contribution in [1.82, 2.24) is 4.90 Å². The minimum Gasteiger partial charge on any atom is -0.494 e. The molecule has 6 nitrogen and oxygen atoms in total. The Morgan fingerprint density at radius 1 is 1.48 bits per heavy atom. The van der Waals surface area contributed by atoms with Crippen molar-refractivity contribution >= 4 is 17.3 Å². The average Bonchev–Trinajstić information content (AvgIpc) is 2.49. The number of rotatable bonds is 5. The smallest absolute Gasteiger partial charge is 0.238 e. The van der Waals surface area contributed by atoms with Gasteiger partial charge in [-0.05, 0) is 44.0 Å². The molecule has 0 saturated carbocycles. The molecular formula is C15H23N3O3. The van der Waals surface area contributed by atoms with Gasteiger partial charge in [0.15, 0.2) is 0 Å². The molecule has 0 atom stereocenters. The number of nitrogens with two attached hydrogens (primary N) is 1. The summed E-state index contributed by atoms with van der Waals surface area (Å²) >= 11 is 0. The molecule has 4 N–H and O–H groups in total. The van der Waals surface area contributed by atoms with E-state index in [0.717, 1.165) is 25.9 Å². The Labute approximate surface area is 124 Å². The van der Waals surface area contributed by atoms with E-state index in [4.69, 9.17) is 15.6 Å². The third kappa shape index (κ3) is 4.34. The average molecular weight is 293 g/mol. The second-order valence-corrected chi connectivity index (χ2v) is 5.41. The van der Waals surface area contributed by atoms with Crippen LogP contribution in [0, 0.1) is 5.92 Å². The number of hydrogen-bond acceptors (Lipinski definition) is 5. The monoisotopic (exact) mass is 293 g/mol.